The lowest BCUT2D eigenvalue weighted by Crippen LogP contribution is -2.33. The molecular formula is C26H32N4O4. The Hall–Kier alpha value is -3.68. The SMILES string of the molecule is CC(C)c1ccc(C(=O)Cn2ncn(-c3ccc(CN(C)C(=O)OC(C)(C)C)cc3)c2=O)cc1. The first-order valence-corrected chi connectivity index (χ1v) is 11.3. The Morgan fingerprint density at radius 1 is 1.03 bits per heavy atom. The van der Waals surface area contributed by atoms with Crippen molar-refractivity contribution in [1.29, 1.82) is 0 Å². The van der Waals surface area contributed by atoms with E-state index in [1.807, 2.05) is 45.0 Å². The number of hydrogen-bond donors (Lipinski definition) is 0. The molecule has 0 N–H and O–H groups in total. The smallest absolute Gasteiger partial charge is 0.410 e. The molecule has 0 aliphatic rings. The molecule has 0 radical (unpaired) electrons. The molecule has 2 aromatic carbocycles. The van der Waals surface area contributed by atoms with E-state index in [1.165, 1.54) is 15.8 Å². The van der Waals surface area contributed by atoms with Crippen LogP contribution in [0.15, 0.2) is 59.7 Å². The van der Waals surface area contributed by atoms with E-state index in [9.17, 15) is 14.4 Å². The molecule has 0 bridgehead atoms. The van der Waals surface area contributed by atoms with Crippen LogP contribution in [0.1, 0.15) is 62.0 Å². The number of hydrogen-bond acceptors (Lipinski definition) is 5. The number of carbonyl (C=O) groups is 2. The van der Waals surface area contributed by atoms with Crippen LogP contribution in [0.25, 0.3) is 5.69 Å². The van der Waals surface area contributed by atoms with Crippen LogP contribution in [0.3, 0.4) is 0 Å². The minimum atomic E-state index is -0.560. The number of amides is 1. The fraction of sp³-hybridized carbons (Fsp3) is 0.385. The summed E-state index contributed by atoms with van der Waals surface area (Å²) < 4.78 is 7.91. The van der Waals surface area contributed by atoms with Gasteiger partial charge in [-0.15, -0.1) is 0 Å². The molecule has 0 saturated carbocycles. The van der Waals surface area contributed by atoms with E-state index >= 15 is 0 Å². The zero-order chi connectivity index (χ0) is 25.0. The van der Waals surface area contributed by atoms with Crippen LogP contribution in [-0.2, 0) is 17.8 Å². The van der Waals surface area contributed by atoms with Gasteiger partial charge >= 0.3 is 11.8 Å². The summed E-state index contributed by atoms with van der Waals surface area (Å²) in [6, 6.07) is 14.7. The van der Waals surface area contributed by atoms with Crippen molar-refractivity contribution in [2.24, 2.45) is 0 Å². The number of aromatic nitrogens is 3. The highest BCUT2D eigenvalue weighted by molar-refractivity contribution is 5.95. The summed E-state index contributed by atoms with van der Waals surface area (Å²) in [4.78, 5) is 39.1. The van der Waals surface area contributed by atoms with Gasteiger partial charge in [-0.25, -0.2) is 18.8 Å². The van der Waals surface area contributed by atoms with Gasteiger partial charge < -0.3 is 9.64 Å². The van der Waals surface area contributed by atoms with Crippen molar-refractivity contribution in [3.8, 4) is 5.69 Å². The Kier molecular flexibility index (Phi) is 7.39. The first kappa shape index (κ1) is 25.0. The molecule has 3 aromatic rings. The summed E-state index contributed by atoms with van der Waals surface area (Å²) in [6.07, 6.45) is 0.997. The molecular weight excluding hydrogens is 432 g/mol. The minimum Gasteiger partial charge on any atom is -0.444 e. The Labute approximate surface area is 199 Å². The molecule has 34 heavy (non-hydrogen) atoms. The van der Waals surface area contributed by atoms with Crippen LogP contribution < -0.4 is 5.69 Å². The Bertz CT molecular complexity index is 1200. The third-order valence-electron chi connectivity index (χ3n) is 5.27. The predicted molar refractivity (Wildman–Crippen MR) is 130 cm³/mol. The number of benzene rings is 2. The van der Waals surface area contributed by atoms with E-state index in [1.54, 1.807) is 31.3 Å². The van der Waals surface area contributed by atoms with Gasteiger partial charge in [0.15, 0.2) is 5.78 Å². The second-order valence-electron chi connectivity index (χ2n) is 9.64. The summed E-state index contributed by atoms with van der Waals surface area (Å²) >= 11 is 0. The van der Waals surface area contributed by atoms with Crippen molar-refractivity contribution in [2.75, 3.05) is 7.05 Å². The fourth-order valence-corrected chi connectivity index (χ4v) is 3.34. The van der Waals surface area contributed by atoms with E-state index in [-0.39, 0.29) is 12.3 Å². The number of rotatable bonds is 7. The Balaban J connectivity index is 1.67. The molecule has 0 saturated heterocycles. The summed E-state index contributed by atoms with van der Waals surface area (Å²) in [5, 5.41) is 4.11. The predicted octanol–water partition coefficient (Wildman–Crippen LogP) is 4.41. The summed E-state index contributed by atoms with van der Waals surface area (Å²) in [5.74, 6) is 0.203. The normalized spacial score (nSPS) is 11.5. The van der Waals surface area contributed by atoms with Crippen LogP contribution in [-0.4, -0.2) is 43.8 Å². The second-order valence-corrected chi connectivity index (χ2v) is 9.64. The molecule has 0 unspecified atom stereocenters. The molecule has 0 atom stereocenters. The van der Waals surface area contributed by atoms with E-state index in [0.717, 1.165) is 15.8 Å². The highest BCUT2D eigenvalue weighted by Crippen LogP contribution is 2.16. The maximum atomic E-state index is 12.8. The lowest BCUT2D eigenvalue weighted by molar-refractivity contribution is 0.0285. The van der Waals surface area contributed by atoms with Gasteiger partial charge in [0.2, 0.25) is 0 Å². The molecule has 8 heteroatoms. The van der Waals surface area contributed by atoms with Crippen molar-refractivity contribution >= 4 is 11.9 Å². The van der Waals surface area contributed by atoms with Crippen LogP contribution in [0.5, 0.6) is 0 Å². The first-order valence-electron chi connectivity index (χ1n) is 11.3. The van der Waals surface area contributed by atoms with Crippen molar-refractivity contribution in [2.45, 2.75) is 59.2 Å². The Morgan fingerprint density at radius 3 is 2.21 bits per heavy atom. The average Bonchev–Trinajstić information content (AvgIpc) is 3.13. The lowest BCUT2D eigenvalue weighted by Gasteiger charge is -2.24. The van der Waals surface area contributed by atoms with Crippen LogP contribution in [0.4, 0.5) is 4.79 Å². The van der Waals surface area contributed by atoms with Crippen LogP contribution in [0, 0.1) is 0 Å². The highest BCUT2D eigenvalue weighted by Gasteiger charge is 2.19. The second kappa shape index (κ2) is 10.1. The summed E-state index contributed by atoms with van der Waals surface area (Å²) in [5.41, 5.74) is 2.25. The number of ether oxygens (including phenoxy) is 1. The van der Waals surface area contributed by atoms with Gasteiger partial charge in [-0.1, -0.05) is 50.2 Å². The van der Waals surface area contributed by atoms with Gasteiger partial charge in [0, 0.05) is 19.2 Å². The quantitative estimate of drug-likeness (QED) is 0.484. The van der Waals surface area contributed by atoms with Crippen LogP contribution >= 0.6 is 0 Å². The van der Waals surface area contributed by atoms with Crippen LogP contribution in [0.2, 0.25) is 0 Å². The fourth-order valence-electron chi connectivity index (χ4n) is 3.34. The van der Waals surface area contributed by atoms with Gasteiger partial charge in [0.05, 0.1) is 5.69 Å². The molecule has 8 nitrogen and oxygen atoms in total. The zero-order valence-corrected chi connectivity index (χ0v) is 20.6. The van der Waals surface area contributed by atoms with E-state index in [4.69, 9.17) is 4.74 Å². The minimum absolute atomic E-state index is 0.133. The van der Waals surface area contributed by atoms with Gasteiger partial charge in [-0.3, -0.25) is 4.79 Å². The lowest BCUT2D eigenvalue weighted by atomic mass is 10.0. The molecule has 0 fully saturated rings. The van der Waals surface area contributed by atoms with E-state index < -0.39 is 17.4 Å². The van der Waals surface area contributed by atoms with Crippen molar-refractivity contribution in [3.05, 3.63) is 82.0 Å². The largest absolute Gasteiger partial charge is 0.444 e. The molecule has 1 heterocycles. The topological polar surface area (TPSA) is 86.4 Å². The average molecular weight is 465 g/mol. The van der Waals surface area contributed by atoms with E-state index in [0.29, 0.717) is 23.7 Å². The van der Waals surface area contributed by atoms with Gasteiger partial charge in [-0.05, 0) is 49.9 Å². The molecule has 1 amide bonds. The van der Waals surface area contributed by atoms with Crippen molar-refractivity contribution < 1.29 is 14.3 Å². The number of nitrogens with zero attached hydrogens (tertiary/aromatic N) is 4. The van der Waals surface area contributed by atoms with Crippen molar-refractivity contribution in [3.63, 3.8) is 0 Å². The zero-order valence-electron chi connectivity index (χ0n) is 20.6. The highest BCUT2D eigenvalue weighted by atomic mass is 16.6. The standard InChI is InChI=1S/C26H32N4O4/c1-18(2)20-9-11-21(12-10-20)23(31)16-30-24(32)29(17-27-30)22-13-7-19(8-14-22)15-28(6)25(33)34-26(3,4)5/h7-14,17-18H,15-16H2,1-6H3. The third kappa shape index (κ3) is 6.21. The monoisotopic (exact) mass is 464 g/mol. The third-order valence-corrected chi connectivity index (χ3v) is 5.27. The molecule has 3 rings (SSSR count). The molecule has 0 spiro atoms. The summed E-state index contributed by atoms with van der Waals surface area (Å²) in [6.45, 7) is 9.88. The molecule has 180 valence electrons. The maximum absolute atomic E-state index is 12.8. The van der Waals surface area contributed by atoms with Crippen molar-refractivity contribution in [1.82, 2.24) is 19.2 Å². The molecule has 0 aliphatic carbocycles. The first-order chi connectivity index (χ1) is 15.9. The number of Topliss-reactive ketones (excluding diaryl/α,β-unsaturated/α-hetero) is 1. The van der Waals surface area contributed by atoms with Gasteiger partial charge in [0.25, 0.3) is 0 Å². The number of carbonyl (C=O) groups excluding carboxylic acids is 2. The summed E-state index contributed by atoms with van der Waals surface area (Å²) in [7, 11) is 1.67. The van der Waals surface area contributed by atoms with Gasteiger partial charge in [0.1, 0.15) is 18.5 Å². The molecule has 1 aromatic heterocycles. The maximum Gasteiger partial charge on any atom is 0.410 e. The number of ketones is 1. The van der Waals surface area contributed by atoms with E-state index in [2.05, 4.69) is 18.9 Å². The van der Waals surface area contributed by atoms with Gasteiger partial charge in [-0.2, -0.15) is 5.10 Å². The molecule has 0 aliphatic heterocycles. The Morgan fingerprint density at radius 2 is 1.65 bits per heavy atom.